The summed E-state index contributed by atoms with van der Waals surface area (Å²) in [6, 6.07) is 6.17. The van der Waals surface area contributed by atoms with E-state index in [2.05, 4.69) is 46.2 Å². The Morgan fingerprint density at radius 2 is 2.00 bits per heavy atom. The number of rotatable bonds is 8. The van der Waals surface area contributed by atoms with Gasteiger partial charge in [-0.3, -0.25) is 4.79 Å². The molecule has 1 rings (SSSR count). The van der Waals surface area contributed by atoms with Gasteiger partial charge in [0.05, 0.1) is 0 Å². The molecule has 0 atom stereocenters. The Balaban J connectivity index is 2.79. The summed E-state index contributed by atoms with van der Waals surface area (Å²) in [6.07, 6.45) is 3.19. The van der Waals surface area contributed by atoms with Crippen LogP contribution < -0.4 is 10.6 Å². The molecule has 3 nitrogen and oxygen atoms in total. The van der Waals surface area contributed by atoms with Crippen LogP contribution in [0.1, 0.15) is 52.5 Å². The van der Waals surface area contributed by atoms with E-state index < -0.39 is 0 Å². The number of carbonyl (C=O) groups excluding carboxylic acids is 1. The smallest absolute Gasteiger partial charge is 0.230 e. The quantitative estimate of drug-likeness (QED) is 0.495. The molecule has 0 spiro atoms. The van der Waals surface area contributed by atoms with E-state index in [9.17, 15) is 4.79 Å². The van der Waals surface area contributed by atoms with E-state index in [0.717, 1.165) is 30.8 Å². The van der Waals surface area contributed by atoms with E-state index in [1.165, 1.54) is 16.4 Å². The van der Waals surface area contributed by atoms with Crippen molar-refractivity contribution < 1.29 is 4.79 Å². The summed E-state index contributed by atoms with van der Waals surface area (Å²) < 4.78 is 1.19. The van der Waals surface area contributed by atoms with Crippen molar-refractivity contribution in [2.45, 2.75) is 53.5 Å². The van der Waals surface area contributed by atoms with E-state index in [4.69, 9.17) is 0 Å². The molecule has 0 unspecified atom stereocenters. The minimum atomic E-state index is -0.337. The van der Waals surface area contributed by atoms with Crippen molar-refractivity contribution >= 4 is 34.2 Å². The number of amides is 1. The standard InChI is InChI=1S/C17H27IN2O/c1-5-7-10-19-12-13-11-14(18)8-9-15(13)20-16(21)17(3,4)6-2/h8-9,11,19H,5-7,10,12H2,1-4H3,(H,20,21). The van der Waals surface area contributed by atoms with Gasteiger partial charge in [-0.25, -0.2) is 0 Å². The highest BCUT2D eigenvalue weighted by Crippen LogP contribution is 2.25. The molecular weight excluding hydrogens is 375 g/mol. The molecule has 0 fully saturated rings. The zero-order chi connectivity index (χ0) is 15.9. The minimum Gasteiger partial charge on any atom is -0.325 e. The first-order chi connectivity index (χ1) is 9.90. The normalized spacial score (nSPS) is 11.5. The second kappa shape index (κ2) is 8.73. The highest BCUT2D eigenvalue weighted by atomic mass is 127. The van der Waals surface area contributed by atoms with Crippen molar-refractivity contribution in [2.75, 3.05) is 11.9 Å². The third kappa shape index (κ3) is 5.94. The lowest BCUT2D eigenvalue weighted by Crippen LogP contribution is -2.30. The number of benzene rings is 1. The van der Waals surface area contributed by atoms with Gasteiger partial charge in [-0.2, -0.15) is 0 Å². The highest BCUT2D eigenvalue weighted by Gasteiger charge is 2.25. The zero-order valence-electron chi connectivity index (χ0n) is 13.6. The van der Waals surface area contributed by atoms with Crippen LogP contribution in [0.15, 0.2) is 18.2 Å². The summed E-state index contributed by atoms with van der Waals surface area (Å²) in [5.74, 6) is 0.0843. The molecule has 21 heavy (non-hydrogen) atoms. The van der Waals surface area contributed by atoms with Crippen LogP contribution in [0.3, 0.4) is 0 Å². The molecule has 0 aliphatic rings. The topological polar surface area (TPSA) is 41.1 Å². The molecule has 1 amide bonds. The average molecular weight is 402 g/mol. The summed E-state index contributed by atoms with van der Waals surface area (Å²) in [6.45, 7) is 9.99. The van der Waals surface area contributed by atoms with Crippen LogP contribution in [-0.4, -0.2) is 12.5 Å². The molecule has 1 aromatic rings. The number of hydrogen-bond donors (Lipinski definition) is 2. The van der Waals surface area contributed by atoms with Crippen molar-refractivity contribution in [1.29, 1.82) is 0 Å². The van der Waals surface area contributed by atoms with Gasteiger partial charge in [-0.1, -0.05) is 34.1 Å². The lowest BCUT2D eigenvalue weighted by atomic mass is 9.89. The Morgan fingerprint density at radius 3 is 2.62 bits per heavy atom. The number of nitrogens with one attached hydrogen (secondary N) is 2. The molecule has 0 aromatic heterocycles. The highest BCUT2D eigenvalue weighted by molar-refractivity contribution is 14.1. The van der Waals surface area contributed by atoms with E-state index in [1.54, 1.807) is 0 Å². The lowest BCUT2D eigenvalue weighted by molar-refractivity contribution is -0.124. The Kier molecular flexibility index (Phi) is 7.66. The first kappa shape index (κ1) is 18.4. The first-order valence-electron chi connectivity index (χ1n) is 7.71. The van der Waals surface area contributed by atoms with Gasteiger partial charge in [0.1, 0.15) is 0 Å². The van der Waals surface area contributed by atoms with E-state index in [1.807, 2.05) is 32.9 Å². The van der Waals surface area contributed by atoms with E-state index in [-0.39, 0.29) is 11.3 Å². The summed E-state index contributed by atoms with van der Waals surface area (Å²) in [4.78, 5) is 12.3. The fourth-order valence-electron chi connectivity index (χ4n) is 1.81. The molecule has 1 aromatic carbocycles. The number of halogens is 1. The van der Waals surface area contributed by atoms with Crippen LogP contribution in [0.2, 0.25) is 0 Å². The maximum absolute atomic E-state index is 12.3. The largest absolute Gasteiger partial charge is 0.325 e. The molecule has 0 bridgehead atoms. The lowest BCUT2D eigenvalue weighted by Gasteiger charge is -2.22. The Hall–Kier alpha value is -0.620. The second-order valence-electron chi connectivity index (χ2n) is 6.02. The van der Waals surface area contributed by atoms with Crippen LogP contribution in [-0.2, 0) is 11.3 Å². The number of unbranched alkanes of at least 4 members (excludes halogenated alkanes) is 1. The average Bonchev–Trinajstić information content (AvgIpc) is 2.46. The Bertz CT molecular complexity index is 472. The van der Waals surface area contributed by atoms with Crippen LogP contribution in [0, 0.1) is 8.99 Å². The molecule has 0 heterocycles. The van der Waals surface area contributed by atoms with Gasteiger partial charge >= 0.3 is 0 Å². The Morgan fingerprint density at radius 1 is 1.29 bits per heavy atom. The van der Waals surface area contributed by atoms with Crippen molar-refractivity contribution in [1.82, 2.24) is 5.32 Å². The summed E-state index contributed by atoms with van der Waals surface area (Å²) in [5.41, 5.74) is 1.74. The van der Waals surface area contributed by atoms with E-state index in [0.29, 0.717) is 0 Å². The van der Waals surface area contributed by atoms with Gasteiger partial charge in [0.2, 0.25) is 5.91 Å². The van der Waals surface area contributed by atoms with Gasteiger partial charge < -0.3 is 10.6 Å². The van der Waals surface area contributed by atoms with Crippen molar-refractivity contribution in [3.8, 4) is 0 Å². The maximum Gasteiger partial charge on any atom is 0.230 e. The second-order valence-corrected chi connectivity index (χ2v) is 7.27. The summed E-state index contributed by atoms with van der Waals surface area (Å²) in [7, 11) is 0. The molecule has 4 heteroatoms. The molecule has 0 saturated carbocycles. The van der Waals surface area contributed by atoms with Crippen LogP contribution in [0.4, 0.5) is 5.69 Å². The first-order valence-corrected chi connectivity index (χ1v) is 8.79. The van der Waals surface area contributed by atoms with Crippen LogP contribution in [0.5, 0.6) is 0 Å². The summed E-state index contributed by atoms with van der Waals surface area (Å²) in [5, 5.41) is 6.53. The van der Waals surface area contributed by atoms with Gasteiger partial charge in [-0.15, -0.1) is 0 Å². The van der Waals surface area contributed by atoms with Gasteiger partial charge in [0, 0.05) is 21.2 Å². The van der Waals surface area contributed by atoms with E-state index >= 15 is 0 Å². The zero-order valence-corrected chi connectivity index (χ0v) is 15.7. The molecular formula is C17H27IN2O. The predicted molar refractivity (Wildman–Crippen MR) is 98.5 cm³/mol. The third-order valence-electron chi connectivity index (χ3n) is 3.84. The molecule has 118 valence electrons. The molecule has 0 aliphatic heterocycles. The molecule has 2 N–H and O–H groups in total. The van der Waals surface area contributed by atoms with Crippen molar-refractivity contribution in [3.05, 3.63) is 27.3 Å². The van der Waals surface area contributed by atoms with Gasteiger partial charge in [-0.05, 0) is 65.7 Å². The molecule has 0 radical (unpaired) electrons. The van der Waals surface area contributed by atoms with Gasteiger partial charge in [0.15, 0.2) is 0 Å². The third-order valence-corrected chi connectivity index (χ3v) is 4.51. The predicted octanol–water partition coefficient (Wildman–Crippen LogP) is 4.56. The van der Waals surface area contributed by atoms with Crippen molar-refractivity contribution in [3.63, 3.8) is 0 Å². The molecule has 0 aliphatic carbocycles. The number of anilines is 1. The fraction of sp³-hybridized carbons (Fsp3) is 0.588. The molecule has 0 saturated heterocycles. The SMILES string of the molecule is CCCCNCc1cc(I)ccc1NC(=O)C(C)(C)CC. The monoisotopic (exact) mass is 402 g/mol. The summed E-state index contributed by atoms with van der Waals surface area (Å²) >= 11 is 2.31. The van der Waals surface area contributed by atoms with Crippen LogP contribution in [0.25, 0.3) is 0 Å². The maximum atomic E-state index is 12.3. The Labute approximate surface area is 142 Å². The van der Waals surface area contributed by atoms with Gasteiger partial charge in [0.25, 0.3) is 0 Å². The number of carbonyl (C=O) groups is 1. The number of hydrogen-bond acceptors (Lipinski definition) is 2. The van der Waals surface area contributed by atoms with Crippen LogP contribution >= 0.6 is 22.6 Å². The minimum absolute atomic E-state index is 0.0843. The fourth-order valence-corrected chi connectivity index (χ4v) is 2.36. The van der Waals surface area contributed by atoms with Crippen molar-refractivity contribution in [2.24, 2.45) is 5.41 Å².